The highest BCUT2D eigenvalue weighted by Gasteiger charge is 2.20. The van der Waals surface area contributed by atoms with Crippen LogP contribution in [0.25, 0.3) is 10.8 Å². The third-order valence-corrected chi connectivity index (χ3v) is 6.63. The van der Waals surface area contributed by atoms with Gasteiger partial charge in [0.25, 0.3) is 0 Å². The van der Waals surface area contributed by atoms with E-state index in [9.17, 15) is 0 Å². The Morgan fingerprint density at radius 1 is 0.903 bits per heavy atom. The Hall–Kier alpha value is -2.56. The van der Waals surface area contributed by atoms with Crippen LogP contribution in [0.2, 0.25) is 5.02 Å². The Morgan fingerprint density at radius 2 is 1.77 bits per heavy atom. The zero-order valence-electron chi connectivity index (χ0n) is 17.8. The van der Waals surface area contributed by atoms with E-state index in [1.807, 2.05) is 18.2 Å². The smallest absolute Gasteiger partial charge is 0.118 e. The lowest BCUT2D eigenvalue weighted by Gasteiger charge is -2.36. The van der Waals surface area contributed by atoms with Crippen LogP contribution in [0.5, 0.6) is 0 Å². The second-order valence-electron chi connectivity index (χ2n) is 8.35. The molecule has 1 saturated heterocycles. The fraction of sp³-hybridized carbons (Fsp3) is 0.346. The minimum absolute atomic E-state index is 0.668. The van der Waals surface area contributed by atoms with E-state index in [1.54, 1.807) is 0 Å². The average molecular weight is 434 g/mol. The first-order valence-electron chi connectivity index (χ1n) is 11.2. The molecule has 0 bridgehead atoms. The molecule has 0 spiro atoms. The summed E-state index contributed by atoms with van der Waals surface area (Å²) in [5.41, 5.74) is 4.99. The second kappa shape index (κ2) is 9.29. The van der Waals surface area contributed by atoms with Crippen molar-refractivity contribution in [3.8, 4) is 0 Å². The van der Waals surface area contributed by atoms with Gasteiger partial charge in [-0.05, 0) is 53.8 Å². The normalized spacial score (nSPS) is 18.0. The van der Waals surface area contributed by atoms with Crippen molar-refractivity contribution in [2.45, 2.75) is 19.3 Å². The Morgan fingerprint density at radius 3 is 2.65 bits per heavy atom. The first-order chi connectivity index (χ1) is 15.3. The number of piperazine rings is 1. The number of nitrogens with zero attached hydrogens (tertiary/aromatic N) is 3. The molecule has 1 aliphatic carbocycles. The number of anilines is 1. The first-order valence-corrected chi connectivity index (χ1v) is 11.6. The standard InChI is InChI=1S/C26H28ClN3O/c27-21-6-3-7-22(19-21)30-16-14-29(15-17-30)13-4-18-31-28-26-12-11-24-23-8-2-1-5-20(23)9-10-25(24)26/h1-3,5-10,19H,4,11-18H2. The van der Waals surface area contributed by atoms with Crippen molar-refractivity contribution in [2.75, 3.05) is 44.2 Å². The van der Waals surface area contributed by atoms with Gasteiger partial charge in [0, 0.05) is 49.0 Å². The van der Waals surface area contributed by atoms with Crippen LogP contribution in [0.3, 0.4) is 0 Å². The van der Waals surface area contributed by atoms with Gasteiger partial charge in [0.05, 0.1) is 5.71 Å². The second-order valence-corrected chi connectivity index (χ2v) is 8.78. The van der Waals surface area contributed by atoms with Gasteiger partial charge in [0.2, 0.25) is 0 Å². The number of halogens is 1. The number of aryl methyl sites for hydroxylation is 1. The summed E-state index contributed by atoms with van der Waals surface area (Å²) in [6.45, 7) is 5.93. The molecule has 0 radical (unpaired) electrons. The molecule has 0 unspecified atom stereocenters. The predicted molar refractivity (Wildman–Crippen MR) is 129 cm³/mol. The van der Waals surface area contributed by atoms with Crippen molar-refractivity contribution >= 4 is 33.8 Å². The van der Waals surface area contributed by atoms with Gasteiger partial charge in [-0.3, -0.25) is 4.90 Å². The van der Waals surface area contributed by atoms with Crippen LogP contribution in [-0.4, -0.2) is 49.9 Å². The van der Waals surface area contributed by atoms with Crippen LogP contribution < -0.4 is 4.90 Å². The van der Waals surface area contributed by atoms with Crippen LogP contribution in [-0.2, 0) is 11.3 Å². The lowest BCUT2D eigenvalue weighted by Crippen LogP contribution is -2.46. The van der Waals surface area contributed by atoms with Crippen LogP contribution in [0, 0.1) is 0 Å². The van der Waals surface area contributed by atoms with E-state index in [4.69, 9.17) is 16.4 Å². The van der Waals surface area contributed by atoms with Crippen LogP contribution >= 0.6 is 11.6 Å². The Balaban J connectivity index is 1.08. The zero-order valence-corrected chi connectivity index (χ0v) is 18.5. The van der Waals surface area contributed by atoms with Crippen molar-refractivity contribution in [3.63, 3.8) is 0 Å². The fourth-order valence-corrected chi connectivity index (χ4v) is 4.91. The first kappa shape index (κ1) is 20.3. The van der Waals surface area contributed by atoms with E-state index >= 15 is 0 Å². The van der Waals surface area contributed by atoms with Crippen molar-refractivity contribution in [2.24, 2.45) is 5.16 Å². The van der Waals surface area contributed by atoms with Gasteiger partial charge < -0.3 is 9.74 Å². The third-order valence-electron chi connectivity index (χ3n) is 6.39. The highest BCUT2D eigenvalue weighted by molar-refractivity contribution is 6.30. The number of hydrogen-bond acceptors (Lipinski definition) is 4. The van der Waals surface area contributed by atoms with E-state index in [2.05, 4.69) is 57.4 Å². The number of rotatable bonds is 6. The summed E-state index contributed by atoms with van der Waals surface area (Å²) in [4.78, 5) is 10.6. The molecule has 0 amide bonds. The van der Waals surface area contributed by atoms with Crippen molar-refractivity contribution < 1.29 is 4.84 Å². The SMILES string of the molecule is Clc1cccc(N2CCN(CCCON=C3CCc4c3ccc3ccccc43)CC2)c1. The maximum atomic E-state index is 6.13. The topological polar surface area (TPSA) is 28.1 Å². The minimum Gasteiger partial charge on any atom is -0.396 e. The van der Waals surface area contributed by atoms with Gasteiger partial charge in [0.1, 0.15) is 6.61 Å². The molecule has 31 heavy (non-hydrogen) atoms. The van der Waals surface area contributed by atoms with E-state index in [0.29, 0.717) is 6.61 Å². The van der Waals surface area contributed by atoms with Crippen molar-refractivity contribution in [1.29, 1.82) is 0 Å². The molecule has 3 aromatic carbocycles. The van der Waals surface area contributed by atoms with Gasteiger partial charge in [-0.15, -0.1) is 0 Å². The Labute approximate surface area is 189 Å². The van der Waals surface area contributed by atoms with E-state index < -0.39 is 0 Å². The fourth-order valence-electron chi connectivity index (χ4n) is 4.73. The molecule has 3 aromatic rings. The molecule has 1 aliphatic heterocycles. The molecule has 0 aromatic heterocycles. The number of fused-ring (bicyclic) bond motifs is 3. The van der Waals surface area contributed by atoms with Gasteiger partial charge in [-0.2, -0.15) is 0 Å². The quantitative estimate of drug-likeness (QED) is 0.386. The van der Waals surface area contributed by atoms with Crippen molar-refractivity contribution in [3.05, 3.63) is 76.8 Å². The molecule has 1 fully saturated rings. The maximum absolute atomic E-state index is 6.13. The Kier molecular flexibility index (Phi) is 6.10. The molecule has 0 saturated carbocycles. The van der Waals surface area contributed by atoms with Crippen LogP contribution in [0.1, 0.15) is 24.0 Å². The van der Waals surface area contributed by atoms with Crippen molar-refractivity contribution in [1.82, 2.24) is 4.90 Å². The third kappa shape index (κ3) is 4.56. The number of hydrogen-bond donors (Lipinski definition) is 0. The van der Waals surface area contributed by atoms with E-state index in [0.717, 1.165) is 62.7 Å². The predicted octanol–water partition coefficient (Wildman–Crippen LogP) is 5.37. The lowest BCUT2D eigenvalue weighted by atomic mass is 10.0. The molecular formula is C26H28ClN3O. The largest absolute Gasteiger partial charge is 0.396 e. The zero-order chi connectivity index (χ0) is 21.0. The summed E-state index contributed by atoms with van der Waals surface area (Å²) < 4.78 is 0. The molecule has 160 valence electrons. The highest BCUT2D eigenvalue weighted by Crippen LogP contribution is 2.30. The Bertz CT molecular complexity index is 1090. The van der Waals surface area contributed by atoms with Gasteiger partial charge in [-0.25, -0.2) is 0 Å². The van der Waals surface area contributed by atoms with Gasteiger partial charge in [0.15, 0.2) is 0 Å². The maximum Gasteiger partial charge on any atom is 0.118 e. The summed E-state index contributed by atoms with van der Waals surface area (Å²) >= 11 is 6.13. The van der Waals surface area contributed by atoms with E-state index in [-0.39, 0.29) is 0 Å². The molecular weight excluding hydrogens is 406 g/mol. The summed E-state index contributed by atoms with van der Waals surface area (Å²) in [5, 5.41) is 7.95. The minimum atomic E-state index is 0.668. The van der Waals surface area contributed by atoms with Crippen LogP contribution in [0.4, 0.5) is 5.69 Å². The average Bonchev–Trinajstić information content (AvgIpc) is 3.23. The molecule has 5 rings (SSSR count). The molecule has 4 nitrogen and oxygen atoms in total. The van der Waals surface area contributed by atoms with Crippen LogP contribution in [0.15, 0.2) is 65.8 Å². The molecule has 0 N–H and O–H groups in total. The van der Waals surface area contributed by atoms with Gasteiger partial charge >= 0.3 is 0 Å². The molecule has 2 aliphatic rings. The summed E-state index contributed by atoms with van der Waals surface area (Å²) in [5.74, 6) is 0. The van der Waals surface area contributed by atoms with E-state index in [1.165, 1.54) is 27.6 Å². The number of oxime groups is 1. The van der Waals surface area contributed by atoms with Gasteiger partial charge in [-0.1, -0.05) is 59.2 Å². The lowest BCUT2D eigenvalue weighted by molar-refractivity contribution is 0.127. The molecule has 1 heterocycles. The highest BCUT2D eigenvalue weighted by atomic mass is 35.5. The molecule has 5 heteroatoms. The summed E-state index contributed by atoms with van der Waals surface area (Å²) in [6.07, 6.45) is 3.02. The summed E-state index contributed by atoms with van der Waals surface area (Å²) in [6, 6.07) is 21.1. The monoisotopic (exact) mass is 433 g/mol. The number of benzene rings is 3. The molecule has 0 atom stereocenters. The summed E-state index contributed by atoms with van der Waals surface area (Å²) in [7, 11) is 0.